The summed E-state index contributed by atoms with van der Waals surface area (Å²) in [6, 6.07) is 0.304. The minimum atomic E-state index is -0.349. The van der Waals surface area contributed by atoms with Crippen LogP contribution in [0.25, 0.3) is 4.96 Å². The fourth-order valence-corrected chi connectivity index (χ4v) is 3.55. The van der Waals surface area contributed by atoms with Gasteiger partial charge in [-0.15, -0.1) is 0 Å². The Bertz CT molecular complexity index is 599. The van der Waals surface area contributed by atoms with Gasteiger partial charge in [-0.25, -0.2) is 0 Å². The third-order valence-electron chi connectivity index (χ3n) is 3.86. The standard InChI is InChI=1S/C13H18N4O2S/c18-17(19)12-11(15-13-16(12)8-9-20-13)14-10-6-4-2-1-3-5-7-10/h8-10,14H,1-7H2. The highest BCUT2D eigenvalue weighted by atomic mass is 32.1. The Morgan fingerprint density at radius 1 is 1.30 bits per heavy atom. The second kappa shape index (κ2) is 5.78. The summed E-state index contributed by atoms with van der Waals surface area (Å²) in [6.07, 6.45) is 10.1. The van der Waals surface area contributed by atoms with E-state index in [1.807, 2.05) is 5.38 Å². The first-order valence-corrected chi connectivity index (χ1v) is 8.00. The van der Waals surface area contributed by atoms with E-state index in [-0.39, 0.29) is 10.7 Å². The molecule has 1 aliphatic rings. The Balaban J connectivity index is 1.83. The Hall–Kier alpha value is -1.63. The van der Waals surface area contributed by atoms with E-state index in [4.69, 9.17) is 0 Å². The van der Waals surface area contributed by atoms with Crippen molar-refractivity contribution in [3.8, 4) is 0 Å². The predicted octanol–water partition coefficient (Wildman–Crippen LogP) is 3.83. The zero-order valence-electron chi connectivity index (χ0n) is 11.2. The maximum Gasteiger partial charge on any atom is 0.372 e. The quantitative estimate of drug-likeness (QED) is 0.689. The molecular formula is C13H18N4O2S. The molecule has 1 fully saturated rings. The van der Waals surface area contributed by atoms with Gasteiger partial charge < -0.3 is 15.4 Å². The minimum absolute atomic E-state index is 0.0586. The van der Waals surface area contributed by atoms with Gasteiger partial charge in [-0.05, 0) is 17.8 Å². The van der Waals surface area contributed by atoms with Crippen molar-refractivity contribution in [1.82, 2.24) is 9.38 Å². The van der Waals surface area contributed by atoms with Gasteiger partial charge in [-0.3, -0.25) is 0 Å². The summed E-state index contributed by atoms with van der Waals surface area (Å²) in [6.45, 7) is 0. The molecular weight excluding hydrogens is 276 g/mol. The molecule has 108 valence electrons. The summed E-state index contributed by atoms with van der Waals surface area (Å²) in [4.78, 5) is 16.0. The summed E-state index contributed by atoms with van der Waals surface area (Å²) >= 11 is 1.42. The SMILES string of the molecule is O=[N+]([O-])c1c(NC2CCCCCCC2)nc2sccn12. The first-order chi connectivity index (χ1) is 9.75. The highest BCUT2D eigenvalue weighted by Crippen LogP contribution is 2.30. The molecule has 3 rings (SSSR count). The molecule has 6 nitrogen and oxygen atoms in total. The Morgan fingerprint density at radius 2 is 2.00 bits per heavy atom. The van der Waals surface area contributed by atoms with E-state index in [2.05, 4.69) is 10.3 Å². The molecule has 2 aromatic rings. The molecule has 2 aromatic heterocycles. The van der Waals surface area contributed by atoms with Crippen LogP contribution in [0.2, 0.25) is 0 Å². The zero-order valence-corrected chi connectivity index (χ0v) is 12.1. The van der Waals surface area contributed by atoms with Crippen molar-refractivity contribution in [3.05, 3.63) is 21.7 Å². The summed E-state index contributed by atoms with van der Waals surface area (Å²) in [5.74, 6) is 0.482. The topological polar surface area (TPSA) is 72.5 Å². The number of thiazole rings is 1. The van der Waals surface area contributed by atoms with Gasteiger partial charge in [-0.1, -0.05) is 43.4 Å². The molecule has 0 unspecified atom stereocenters. The highest BCUT2D eigenvalue weighted by molar-refractivity contribution is 7.15. The van der Waals surface area contributed by atoms with Crippen LogP contribution in [-0.2, 0) is 0 Å². The molecule has 0 radical (unpaired) electrons. The first kappa shape index (κ1) is 13.4. The van der Waals surface area contributed by atoms with E-state index in [9.17, 15) is 10.1 Å². The number of nitrogens with one attached hydrogen (secondary N) is 1. The molecule has 1 aliphatic carbocycles. The van der Waals surface area contributed by atoms with Crippen LogP contribution in [0.3, 0.4) is 0 Å². The number of hydrogen-bond acceptors (Lipinski definition) is 5. The molecule has 1 saturated carbocycles. The molecule has 20 heavy (non-hydrogen) atoms. The number of imidazole rings is 1. The van der Waals surface area contributed by atoms with Gasteiger partial charge in [0, 0.05) is 11.4 Å². The van der Waals surface area contributed by atoms with Gasteiger partial charge in [0.15, 0.2) is 0 Å². The fraction of sp³-hybridized carbons (Fsp3) is 0.615. The summed E-state index contributed by atoms with van der Waals surface area (Å²) < 4.78 is 1.55. The van der Waals surface area contributed by atoms with E-state index in [0.29, 0.717) is 16.8 Å². The van der Waals surface area contributed by atoms with Crippen LogP contribution in [0, 0.1) is 10.1 Å². The number of anilines is 1. The largest absolute Gasteiger partial charge is 0.372 e. The molecule has 1 N–H and O–H groups in total. The smallest absolute Gasteiger partial charge is 0.360 e. The van der Waals surface area contributed by atoms with Gasteiger partial charge in [0.25, 0.3) is 4.96 Å². The molecule has 7 heteroatoms. The van der Waals surface area contributed by atoms with E-state index in [1.165, 1.54) is 43.4 Å². The van der Waals surface area contributed by atoms with Crippen LogP contribution >= 0.6 is 11.3 Å². The average molecular weight is 294 g/mol. The normalized spacial score (nSPS) is 17.8. The van der Waals surface area contributed by atoms with Crippen molar-refractivity contribution in [2.45, 2.75) is 51.0 Å². The van der Waals surface area contributed by atoms with Crippen LogP contribution in [0.4, 0.5) is 11.6 Å². The molecule has 0 saturated heterocycles. The van der Waals surface area contributed by atoms with Crippen LogP contribution in [0.1, 0.15) is 44.9 Å². The number of hydrogen-bond donors (Lipinski definition) is 1. The first-order valence-electron chi connectivity index (χ1n) is 7.12. The van der Waals surface area contributed by atoms with Gasteiger partial charge in [0.1, 0.15) is 6.20 Å². The number of nitro groups is 1. The maximum atomic E-state index is 11.3. The monoisotopic (exact) mass is 294 g/mol. The van der Waals surface area contributed by atoms with Gasteiger partial charge >= 0.3 is 5.82 Å². The van der Waals surface area contributed by atoms with Crippen molar-refractivity contribution >= 4 is 27.9 Å². The van der Waals surface area contributed by atoms with Crippen LogP contribution in [0.5, 0.6) is 0 Å². The van der Waals surface area contributed by atoms with E-state index < -0.39 is 0 Å². The van der Waals surface area contributed by atoms with Crippen molar-refractivity contribution in [2.75, 3.05) is 5.32 Å². The van der Waals surface area contributed by atoms with E-state index in [0.717, 1.165) is 12.8 Å². The summed E-state index contributed by atoms with van der Waals surface area (Å²) in [5.41, 5.74) is 0. The van der Waals surface area contributed by atoms with Crippen molar-refractivity contribution in [1.29, 1.82) is 0 Å². The lowest BCUT2D eigenvalue weighted by Crippen LogP contribution is -2.21. The second-order valence-corrected chi connectivity index (χ2v) is 6.16. The Labute approximate surface area is 121 Å². The molecule has 2 heterocycles. The molecule has 0 aliphatic heterocycles. The molecule has 0 bridgehead atoms. The average Bonchev–Trinajstić information content (AvgIpc) is 2.91. The summed E-state index contributed by atoms with van der Waals surface area (Å²) in [7, 11) is 0. The third-order valence-corrected chi connectivity index (χ3v) is 4.61. The maximum absolute atomic E-state index is 11.3. The molecule has 0 amide bonds. The number of fused-ring (bicyclic) bond motifs is 1. The van der Waals surface area contributed by atoms with E-state index >= 15 is 0 Å². The Kier molecular flexibility index (Phi) is 3.86. The fourth-order valence-electron chi connectivity index (χ4n) is 2.84. The van der Waals surface area contributed by atoms with Crippen molar-refractivity contribution in [2.24, 2.45) is 0 Å². The zero-order chi connectivity index (χ0) is 13.9. The van der Waals surface area contributed by atoms with Gasteiger partial charge in [-0.2, -0.15) is 9.38 Å². The van der Waals surface area contributed by atoms with Crippen molar-refractivity contribution in [3.63, 3.8) is 0 Å². The minimum Gasteiger partial charge on any atom is -0.360 e. The lowest BCUT2D eigenvalue weighted by atomic mass is 9.97. The van der Waals surface area contributed by atoms with E-state index in [1.54, 1.807) is 10.6 Å². The van der Waals surface area contributed by atoms with Crippen LogP contribution in [0.15, 0.2) is 11.6 Å². The predicted molar refractivity (Wildman–Crippen MR) is 79.5 cm³/mol. The Morgan fingerprint density at radius 3 is 2.70 bits per heavy atom. The molecule has 0 spiro atoms. The van der Waals surface area contributed by atoms with Gasteiger partial charge in [0.2, 0.25) is 5.82 Å². The van der Waals surface area contributed by atoms with Crippen molar-refractivity contribution < 1.29 is 4.92 Å². The highest BCUT2D eigenvalue weighted by Gasteiger charge is 2.25. The lowest BCUT2D eigenvalue weighted by Gasteiger charge is -2.20. The molecule has 0 atom stereocenters. The summed E-state index contributed by atoms with van der Waals surface area (Å²) in [5, 5.41) is 16.4. The van der Waals surface area contributed by atoms with Crippen LogP contribution in [-0.4, -0.2) is 20.3 Å². The lowest BCUT2D eigenvalue weighted by molar-refractivity contribution is -0.389. The second-order valence-electron chi connectivity index (χ2n) is 5.28. The van der Waals surface area contributed by atoms with Crippen LogP contribution < -0.4 is 5.32 Å². The number of rotatable bonds is 3. The van der Waals surface area contributed by atoms with Gasteiger partial charge in [0.05, 0.1) is 0 Å². The number of nitrogens with zero attached hydrogens (tertiary/aromatic N) is 3. The number of aromatic nitrogens is 2. The molecule has 0 aromatic carbocycles. The third kappa shape index (κ3) is 2.63.